The first-order chi connectivity index (χ1) is 12.0. The molecule has 0 aromatic heterocycles. The van der Waals surface area contributed by atoms with E-state index in [1.165, 1.54) is 17.2 Å². The van der Waals surface area contributed by atoms with Crippen LogP contribution in [0.2, 0.25) is 13.1 Å². The van der Waals surface area contributed by atoms with E-state index in [9.17, 15) is 4.79 Å². The molecule has 0 saturated heterocycles. The van der Waals surface area contributed by atoms with Crippen molar-refractivity contribution in [3.63, 3.8) is 0 Å². The average Bonchev–Trinajstić information content (AvgIpc) is 3.33. The SMILES string of the molecule is C[Si]C.NC(=O)C12[CH-]CC(CC1)C2.[Cl][Zr+2][Cl].c1ccc2[cH-]ccc2c1. The summed E-state index contributed by atoms with van der Waals surface area (Å²) in [4.78, 5) is 11.0. The molecule has 2 unspecified atom stereocenters. The van der Waals surface area contributed by atoms with E-state index < -0.39 is 20.8 Å². The summed E-state index contributed by atoms with van der Waals surface area (Å²) in [6.45, 7) is 4.31. The quantitative estimate of drug-likeness (QED) is 0.426. The van der Waals surface area contributed by atoms with E-state index in [2.05, 4.69) is 62.0 Å². The topological polar surface area (TPSA) is 43.1 Å². The maximum Gasteiger partial charge on any atom is -0.0809 e. The molecule has 0 aliphatic heterocycles. The Kier molecular flexibility index (Phi) is 11.4. The number of rotatable bonds is 1. The van der Waals surface area contributed by atoms with Gasteiger partial charge in [-0.05, 0) is 0 Å². The molecule has 2 aliphatic rings. The van der Waals surface area contributed by atoms with Gasteiger partial charge in [-0.1, -0.05) is 49.8 Å². The Morgan fingerprint density at radius 2 is 1.96 bits per heavy atom. The van der Waals surface area contributed by atoms with Gasteiger partial charge in [-0.25, -0.2) is 0 Å². The molecule has 134 valence electrons. The fourth-order valence-electron chi connectivity index (χ4n) is 3.35. The summed E-state index contributed by atoms with van der Waals surface area (Å²) in [7, 11) is 11.0. The average molecular weight is 474 g/mol. The van der Waals surface area contributed by atoms with E-state index in [0.29, 0.717) is 0 Å². The van der Waals surface area contributed by atoms with Crippen LogP contribution < -0.4 is 5.73 Å². The zero-order valence-electron chi connectivity index (χ0n) is 14.8. The molecule has 2 nitrogen and oxygen atoms in total. The molecule has 2 radical (unpaired) electrons. The van der Waals surface area contributed by atoms with E-state index in [4.69, 9.17) is 22.8 Å². The standard InChI is InChI=1S/C9H7.C8H12NO.C2H6Si.2ClH.Zr/c1-2-5-9-7-3-6-8(9)4-1;9-7(10)8-3-1-6(5-8)2-4-8;1-3-2;;;/h1-7H;3,6H,1-2,4-5H2,(H2,9,10);1-2H3;2*1H;/q2*-1;;;;+4/p-2. The van der Waals surface area contributed by atoms with Crippen molar-refractivity contribution in [3.05, 3.63) is 48.9 Å². The fourth-order valence-corrected chi connectivity index (χ4v) is 3.35. The maximum atomic E-state index is 11.0. The molecule has 25 heavy (non-hydrogen) atoms. The molecule has 2 fully saturated rings. The summed E-state index contributed by atoms with van der Waals surface area (Å²) in [5.74, 6) is 0.667. The summed E-state index contributed by atoms with van der Waals surface area (Å²) in [6, 6.07) is 14.7. The van der Waals surface area contributed by atoms with Crippen LogP contribution in [0.5, 0.6) is 0 Å². The Labute approximate surface area is 172 Å². The first-order valence-electron chi connectivity index (χ1n) is 8.32. The van der Waals surface area contributed by atoms with Gasteiger partial charge in [0.2, 0.25) is 0 Å². The summed E-state index contributed by atoms with van der Waals surface area (Å²) >= 11 is -0.826. The molecule has 4 rings (SSSR count). The monoisotopic (exact) mass is 471 g/mol. The first-order valence-corrected chi connectivity index (χ1v) is 16.7. The van der Waals surface area contributed by atoms with Crippen LogP contribution in [0.15, 0.2) is 42.5 Å². The van der Waals surface area contributed by atoms with E-state index in [-0.39, 0.29) is 11.3 Å². The molecule has 6 heteroatoms. The van der Waals surface area contributed by atoms with Crippen molar-refractivity contribution in [2.75, 3.05) is 0 Å². The van der Waals surface area contributed by atoms with Crippen molar-refractivity contribution in [2.45, 2.75) is 38.8 Å². The van der Waals surface area contributed by atoms with E-state index >= 15 is 0 Å². The van der Waals surface area contributed by atoms with Crippen molar-refractivity contribution >= 4 is 43.2 Å². The summed E-state index contributed by atoms with van der Waals surface area (Å²) in [5.41, 5.74) is 5.12. The fraction of sp³-hybridized carbons (Fsp3) is 0.421. The van der Waals surface area contributed by atoms with Crippen LogP contribution in [0.4, 0.5) is 0 Å². The second kappa shape index (κ2) is 12.4. The Morgan fingerprint density at radius 3 is 2.36 bits per heavy atom. The molecule has 0 spiro atoms. The minimum atomic E-state index is -0.826. The molecular weight excluding hydrogens is 448 g/mol. The van der Waals surface area contributed by atoms with Crippen molar-refractivity contribution in [2.24, 2.45) is 17.1 Å². The van der Waals surface area contributed by atoms with Gasteiger partial charge in [0.15, 0.2) is 5.91 Å². The van der Waals surface area contributed by atoms with Gasteiger partial charge in [-0.2, -0.15) is 23.9 Å². The van der Waals surface area contributed by atoms with Gasteiger partial charge < -0.3 is 12.2 Å². The van der Waals surface area contributed by atoms with Gasteiger partial charge in [0.1, 0.15) is 0 Å². The first kappa shape index (κ1) is 23.0. The molecule has 1 amide bonds. The number of amides is 1. The van der Waals surface area contributed by atoms with E-state index in [0.717, 1.165) is 34.7 Å². The summed E-state index contributed by atoms with van der Waals surface area (Å²) < 4.78 is 0. The predicted molar refractivity (Wildman–Crippen MR) is 107 cm³/mol. The smallest absolute Gasteiger partial charge is 0.0809 e. The third kappa shape index (κ3) is 7.25. The van der Waals surface area contributed by atoms with Gasteiger partial charge in [-0.15, -0.1) is 29.7 Å². The molecule has 2 atom stereocenters. The summed E-state index contributed by atoms with van der Waals surface area (Å²) in [5, 5.41) is 2.66. The maximum absolute atomic E-state index is 11.0. The number of fused-ring (bicyclic) bond motifs is 3. The predicted octanol–water partition coefficient (Wildman–Crippen LogP) is 5.59. The minimum absolute atomic E-state index is 0.104. The summed E-state index contributed by atoms with van der Waals surface area (Å²) in [6.07, 6.45) is 6.49. The second-order valence-corrected chi connectivity index (χ2v) is 11.0. The normalized spacial score (nSPS) is 22.5. The number of carbonyl (C=O) groups is 1. The zero-order chi connectivity index (χ0) is 18.7. The number of nitrogens with two attached hydrogens (primary N) is 1. The number of halogens is 2. The van der Waals surface area contributed by atoms with Gasteiger partial charge in [0.25, 0.3) is 0 Å². The number of carbonyl (C=O) groups excluding carboxylic acids is 1. The van der Waals surface area contributed by atoms with Crippen LogP contribution in [0.1, 0.15) is 25.7 Å². The Morgan fingerprint density at radius 1 is 1.32 bits per heavy atom. The molecule has 2 saturated carbocycles. The largest absolute Gasteiger partial charge is 0.168 e. The molecule has 0 heterocycles. The van der Waals surface area contributed by atoms with Crippen molar-refractivity contribution in [1.82, 2.24) is 0 Å². The van der Waals surface area contributed by atoms with Gasteiger partial charge >= 0.3 is 37.9 Å². The van der Waals surface area contributed by atoms with Gasteiger partial charge in [0.05, 0.1) is 0 Å². The number of hydrogen-bond acceptors (Lipinski definition) is 1. The number of benzene rings is 1. The molecule has 2 bridgehead atoms. The molecular formula is C19H25Cl2NOSiZr. The van der Waals surface area contributed by atoms with Crippen molar-refractivity contribution < 1.29 is 25.6 Å². The van der Waals surface area contributed by atoms with Crippen LogP contribution >= 0.6 is 17.0 Å². The Balaban J connectivity index is 0.000000193. The van der Waals surface area contributed by atoms with Crippen LogP contribution in [0.25, 0.3) is 10.8 Å². The molecule has 2 aromatic carbocycles. The Hall–Kier alpha value is -0.0200. The zero-order valence-corrected chi connectivity index (χ0v) is 19.7. The van der Waals surface area contributed by atoms with Gasteiger partial charge in [-0.3, -0.25) is 4.79 Å². The van der Waals surface area contributed by atoms with Crippen molar-refractivity contribution in [3.8, 4) is 0 Å². The molecule has 2 aromatic rings. The minimum Gasteiger partial charge on any atom is -0.168 e. The third-order valence-corrected chi connectivity index (χ3v) is 4.53. The molecule has 2 N–H and O–H groups in total. The van der Waals surface area contributed by atoms with Crippen LogP contribution in [0.3, 0.4) is 0 Å². The van der Waals surface area contributed by atoms with E-state index in [1.807, 2.05) is 0 Å². The van der Waals surface area contributed by atoms with Crippen LogP contribution in [-0.2, 0) is 25.6 Å². The molecule has 2 aliphatic carbocycles. The Bertz CT molecular complexity index is 594. The van der Waals surface area contributed by atoms with E-state index in [1.54, 1.807) is 0 Å². The van der Waals surface area contributed by atoms with Crippen molar-refractivity contribution in [1.29, 1.82) is 0 Å². The second-order valence-electron chi connectivity index (χ2n) is 6.30. The van der Waals surface area contributed by atoms with Crippen LogP contribution in [0, 0.1) is 17.8 Å². The van der Waals surface area contributed by atoms with Crippen LogP contribution in [-0.4, -0.2) is 15.4 Å². The number of hydrogen-bond donors (Lipinski definition) is 1. The van der Waals surface area contributed by atoms with Gasteiger partial charge in [0, 0.05) is 9.52 Å². The number of primary amides is 1. The third-order valence-electron chi connectivity index (χ3n) is 4.53.